The zero-order valence-corrected chi connectivity index (χ0v) is 17.8. The minimum atomic E-state index is 0. The summed E-state index contributed by atoms with van der Waals surface area (Å²) in [5.41, 5.74) is 1.14. The van der Waals surface area contributed by atoms with E-state index in [0.29, 0.717) is 13.2 Å². The Morgan fingerprint density at radius 3 is 2.58 bits per heavy atom. The first-order valence-corrected chi connectivity index (χ1v) is 8.47. The molecule has 0 saturated heterocycles. The molecule has 1 aromatic rings. The molecule has 138 valence electrons. The molecular formula is C18H33IN4O. The lowest BCUT2D eigenvalue weighted by molar-refractivity contribution is 0.259. The zero-order valence-electron chi connectivity index (χ0n) is 15.5. The summed E-state index contributed by atoms with van der Waals surface area (Å²) in [5.74, 6) is 1.77. The van der Waals surface area contributed by atoms with Crippen LogP contribution in [0.15, 0.2) is 29.3 Å². The third-order valence-corrected chi connectivity index (χ3v) is 3.51. The molecule has 0 aromatic heterocycles. The maximum atomic E-state index is 5.89. The van der Waals surface area contributed by atoms with Crippen molar-refractivity contribution in [3.63, 3.8) is 0 Å². The van der Waals surface area contributed by atoms with E-state index < -0.39 is 0 Å². The van der Waals surface area contributed by atoms with Crippen molar-refractivity contribution in [3.05, 3.63) is 29.8 Å². The Morgan fingerprint density at radius 2 is 1.92 bits per heavy atom. The van der Waals surface area contributed by atoms with Crippen molar-refractivity contribution in [2.45, 2.75) is 32.7 Å². The molecule has 0 fully saturated rings. The normalized spacial score (nSPS) is 11.1. The van der Waals surface area contributed by atoms with Gasteiger partial charge >= 0.3 is 0 Å². The second kappa shape index (κ2) is 14.3. The van der Waals surface area contributed by atoms with Gasteiger partial charge in [-0.15, -0.1) is 24.0 Å². The molecule has 0 atom stereocenters. The summed E-state index contributed by atoms with van der Waals surface area (Å²) >= 11 is 0. The molecule has 1 aromatic carbocycles. The second-order valence-electron chi connectivity index (χ2n) is 5.82. The highest BCUT2D eigenvalue weighted by Gasteiger charge is 2.04. The van der Waals surface area contributed by atoms with Gasteiger partial charge < -0.3 is 20.3 Å². The summed E-state index contributed by atoms with van der Waals surface area (Å²) in [6.45, 7) is 5.46. The monoisotopic (exact) mass is 448 g/mol. The first-order valence-electron chi connectivity index (χ1n) is 8.47. The van der Waals surface area contributed by atoms with Crippen LogP contribution < -0.4 is 15.4 Å². The van der Waals surface area contributed by atoms with Crippen molar-refractivity contribution in [1.29, 1.82) is 0 Å². The van der Waals surface area contributed by atoms with E-state index in [1.54, 1.807) is 7.05 Å². The lowest BCUT2D eigenvalue weighted by atomic mass is 10.2. The van der Waals surface area contributed by atoms with Gasteiger partial charge in [0.15, 0.2) is 5.96 Å². The lowest BCUT2D eigenvalue weighted by Crippen LogP contribution is -2.37. The van der Waals surface area contributed by atoms with Crippen molar-refractivity contribution >= 4 is 29.9 Å². The van der Waals surface area contributed by atoms with Gasteiger partial charge in [0.05, 0.1) is 0 Å². The molecule has 0 radical (unpaired) electrons. The predicted octanol–water partition coefficient (Wildman–Crippen LogP) is 3.10. The molecule has 1 rings (SSSR count). The maximum absolute atomic E-state index is 5.89. The van der Waals surface area contributed by atoms with Gasteiger partial charge in [-0.25, -0.2) is 0 Å². The Balaban J connectivity index is 0.00000529. The van der Waals surface area contributed by atoms with E-state index in [2.05, 4.69) is 33.5 Å². The van der Waals surface area contributed by atoms with Gasteiger partial charge in [0.25, 0.3) is 0 Å². The number of benzene rings is 1. The Hall–Kier alpha value is -1.02. The van der Waals surface area contributed by atoms with Crippen LogP contribution in [-0.4, -0.2) is 51.7 Å². The zero-order chi connectivity index (χ0) is 16.9. The van der Waals surface area contributed by atoms with Crippen LogP contribution in [0.3, 0.4) is 0 Å². The van der Waals surface area contributed by atoms with E-state index in [-0.39, 0.29) is 24.0 Å². The number of rotatable bonds is 10. The van der Waals surface area contributed by atoms with E-state index in [0.717, 1.165) is 30.4 Å². The molecule has 0 amide bonds. The van der Waals surface area contributed by atoms with Crippen LogP contribution in [0.25, 0.3) is 0 Å². The number of ether oxygens (including phenoxy) is 1. The Labute approximate surface area is 164 Å². The first kappa shape index (κ1) is 23.0. The SMILES string of the molecule is CCCCCNC(=NC)NCc1ccccc1OCCN(C)C.I. The Bertz CT molecular complexity index is 466. The molecular weight excluding hydrogens is 415 g/mol. The molecule has 2 N–H and O–H groups in total. The molecule has 0 aliphatic carbocycles. The summed E-state index contributed by atoms with van der Waals surface area (Å²) in [6.07, 6.45) is 3.64. The molecule has 0 aliphatic heterocycles. The first-order chi connectivity index (χ1) is 11.2. The molecule has 0 bridgehead atoms. The van der Waals surface area contributed by atoms with E-state index in [9.17, 15) is 0 Å². The number of likely N-dealkylation sites (N-methyl/N-ethyl adjacent to an activating group) is 1. The summed E-state index contributed by atoms with van der Waals surface area (Å²) in [4.78, 5) is 6.38. The van der Waals surface area contributed by atoms with Crippen molar-refractivity contribution in [2.24, 2.45) is 4.99 Å². The van der Waals surface area contributed by atoms with Crippen molar-refractivity contribution in [3.8, 4) is 5.75 Å². The van der Waals surface area contributed by atoms with Crippen LogP contribution in [0.2, 0.25) is 0 Å². The van der Waals surface area contributed by atoms with E-state index in [1.165, 1.54) is 19.3 Å². The third-order valence-electron chi connectivity index (χ3n) is 3.51. The van der Waals surface area contributed by atoms with Crippen molar-refractivity contribution in [1.82, 2.24) is 15.5 Å². The largest absolute Gasteiger partial charge is 0.492 e. The van der Waals surface area contributed by atoms with Crippen LogP contribution in [0.5, 0.6) is 5.75 Å². The number of unbranched alkanes of at least 4 members (excludes halogenated alkanes) is 2. The minimum Gasteiger partial charge on any atom is -0.492 e. The number of hydrogen-bond acceptors (Lipinski definition) is 3. The summed E-state index contributed by atoms with van der Waals surface area (Å²) in [5, 5.41) is 6.69. The second-order valence-corrected chi connectivity index (χ2v) is 5.82. The summed E-state index contributed by atoms with van der Waals surface area (Å²) in [7, 11) is 5.89. The maximum Gasteiger partial charge on any atom is 0.191 e. The van der Waals surface area contributed by atoms with E-state index in [4.69, 9.17) is 4.74 Å². The highest BCUT2D eigenvalue weighted by atomic mass is 127. The number of nitrogens with one attached hydrogen (secondary N) is 2. The van der Waals surface area contributed by atoms with Gasteiger partial charge in [-0.2, -0.15) is 0 Å². The van der Waals surface area contributed by atoms with Crippen molar-refractivity contribution < 1.29 is 4.74 Å². The van der Waals surface area contributed by atoms with Crippen molar-refractivity contribution in [2.75, 3.05) is 40.8 Å². The number of halogens is 1. The summed E-state index contributed by atoms with van der Waals surface area (Å²) in [6, 6.07) is 8.14. The van der Waals surface area contributed by atoms with Crippen LogP contribution in [0.4, 0.5) is 0 Å². The number of para-hydroxylation sites is 1. The highest BCUT2D eigenvalue weighted by molar-refractivity contribution is 14.0. The van der Waals surface area contributed by atoms with E-state index >= 15 is 0 Å². The highest BCUT2D eigenvalue weighted by Crippen LogP contribution is 2.17. The Kier molecular flexibility index (Phi) is 13.7. The molecule has 24 heavy (non-hydrogen) atoms. The molecule has 0 saturated carbocycles. The van der Waals surface area contributed by atoms with Gasteiger partial charge in [-0.1, -0.05) is 38.0 Å². The standard InChI is InChI=1S/C18H32N4O.HI/c1-5-6-9-12-20-18(19-2)21-15-16-10-7-8-11-17(16)23-14-13-22(3)4;/h7-8,10-11H,5-6,9,12-15H2,1-4H3,(H2,19,20,21);1H. The number of aliphatic imine (C=N–C) groups is 1. The van der Waals surface area contributed by atoms with Crippen LogP contribution in [-0.2, 0) is 6.54 Å². The van der Waals surface area contributed by atoms with Gasteiger partial charge in [0.2, 0.25) is 0 Å². The van der Waals surface area contributed by atoms with Gasteiger partial charge in [-0.3, -0.25) is 4.99 Å². The predicted molar refractivity (Wildman–Crippen MR) is 114 cm³/mol. The molecule has 0 aliphatic rings. The average Bonchev–Trinajstić information content (AvgIpc) is 2.55. The van der Waals surface area contributed by atoms with E-state index in [1.807, 2.05) is 32.3 Å². The topological polar surface area (TPSA) is 48.9 Å². The van der Waals surface area contributed by atoms with Crippen LogP contribution in [0.1, 0.15) is 31.7 Å². The number of guanidine groups is 1. The molecule has 0 spiro atoms. The third kappa shape index (κ3) is 9.97. The minimum absolute atomic E-state index is 0. The quantitative estimate of drug-likeness (QED) is 0.250. The number of hydrogen-bond donors (Lipinski definition) is 2. The number of nitrogens with zero attached hydrogens (tertiary/aromatic N) is 2. The van der Waals surface area contributed by atoms with Gasteiger partial charge in [0, 0.05) is 32.2 Å². The summed E-state index contributed by atoms with van der Waals surface area (Å²) < 4.78 is 5.89. The fourth-order valence-corrected chi connectivity index (χ4v) is 2.11. The smallest absolute Gasteiger partial charge is 0.191 e. The van der Waals surface area contributed by atoms with Crippen LogP contribution >= 0.6 is 24.0 Å². The van der Waals surface area contributed by atoms with Gasteiger partial charge in [0.1, 0.15) is 12.4 Å². The van der Waals surface area contributed by atoms with Gasteiger partial charge in [-0.05, 0) is 26.6 Å². The fourth-order valence-electron chi connectivity index (χ4n) is 2.11. The Morgan fingerprint density at radius 1 is 1.17 bits per heavy atom. The fraction of sp³-hybridized carbons (Fsp3) is 0.611. The van der Waals surface area contributed by atoms with Crippen LogP contribution in [0, 0.1) is 0 Å². The molecule has 0 unspecified atom stereocenters. The lowest BCUT2D eigenvalue weighted by Gasteiger charge is -2.16. The molecule has 5 nitrogen and oxygen atoms in total. The average molecular weight is 448 g/mol. The molecule has 0 heterocycles. The molecule has 6 heteroatoms.